The summed E-state index contributed by atoms with van der Waals surface area (Å²) in [6.45, 7) is 1.47. The van der Waals surface area contributed by atoms with Gasteiger partial charge in [-0.2, -0.15) is 0 Å². The minimum atomic E-state index is -0.963. The molecule has 5 rings (SSSR count). The first-order valence-electron chi connectivity index (χ1n) is 12.6. The van der Waals surface area contributed by atoms with Crippen molar-refractivity contribution in [1.82, 2.24) is 14.7 Å². The number of carbonyl (C=O) groups is 3. The third-order valence-corrected chi connectivity index (χ3v) is 7.79. The quantitative estimate of drug-likeness (QED) is 0.599. The molecule has 1 saturated carbocycles. The van der Waals surface area contributed by atoms with E-state index >= 15 is 0 Å². The highest BCUT2D eigenvalue weighted by Gasteiger charge is 2.48. The van der Waals surface area contributed by atoms with Crippen LogP contribution in [-0.4, -0.2) is 76.2 Å². The number of carboxylic acid groups (broad SMARTS) is 1. The van der Waals surface area contributed by atoms with Gasteiger partial charge in [-0.1, -0.05) is 23.7 Å². The Hall–Kier alpha value is -3.33. The van der Waals surface area contributed by atoms with Crippen molar-refractivity contribution in [3.63, 3.8) is 0 Å². The van der Waals surface area contributed by atoms with Gasteiger partial charge in [0.25, 0.3) is 0 Å². The molecule has 2 saturated heterocycles. The second kappa shape index (κ2) is 10.6. The summed E-state index contributed by atoms with van der Waals surface area (Å²) in [7, 11) is 0. The molecule has 10 heteroatoms. The molecular formula is C27H29ClFN3O5. The van der Waals surface area contributed by atoms with Crippen LogP contribution in [0.1, 0.15) is 37.2 Å². The molecule has 0 radical (unpaired) electrons. The summed E-state index contributed by atoms with van der Waals surface area (Å²) in [6, 6.07) is 12.5. The number of nitrogens with zero attached hydrogens (tertiary/aromatic N) is 3. The van der Waals surface area contributed by atoms with E-state index in [2.05, 4.69) is 0 Å². The molecule has 2 heterocycles. The van der Waals surface area contributed by atoms with Crippen LogP contribution in [0.15, 0.2) is 48.5 Å². The fraction of sp³-hybridized carbons (Fsp3) is 0.444. The number of rotatable bonds is 5. The van der Waals surface area contributed by atoms with E-state index in [4.69, 9.17) is 16.3 Å². The predicted octanol–water partition coefficient (Wildman–Crippen LogP) is 4.83. The fourth-order valence-electron chi connectivity index (χ4n) is 5.43. The third kappa shape index (κ3) is 5.66. The molecule has 2 aromatic carbocycles. The predicted molar refractivity (Wildman–Crippen MR) is 134 cm³/mol. The summed E-state index contributed by atoms with van der Waals surface area (Å²) >= 11 is 6.12. The zero-order chi connectivity index (χ0) is 26.1. The summed E-state index contributed by atoms with van der Waals surface area (Å²) in [5.74, 6) is -0.548. The van der Waals surface area contributed by atoms with E-state index in [1.165, 1.54) is 29.2 Å². The molecule has 0 unspecified atom stereocenters. The van der Waals surface area contributed by atoms with E-state index in [1.807, 2.05) is 17.0 Å². The van der Waals surface area contributed by atoms with E-state index in [1.54, 1.807) is 17.0 Å². The molecule has 2 aliphatic heterocycles. The van der Waals surface area contributed by atoms with Gasteiger partial charge in [-0.3, -0.25) is 9.69 Å². The molecule has 2 aromatic rings. The molecule has 8 nitrogen and oxygen atoms in total. The van der Waals surface area contributed by atoms with Crippen LogP contribution in [0.25, 0.3) is 0 Å². The first-order valence-corrected chi connectivity index (χ1v) is 13.0. The van der Waals surface area contributed by atoms with Crippen molar-refractivity contribution in [2.75, 3.05) is 26.2 Å². The van der Waals surface area contributed by atoms with Crippen LogP contribution >= 0.6 is 11.6 Å². The minimum absolute atomic E-state index is 0.00542. The second-order valence-corrected chi connectivity index (χ2v) is 10.4. The zero-order valence-electron chi connectivity index (χ0n) is 20.3. The average Bonchev–Trinajstić information content (AvgIpc) is 3.63. The van der Waals surface area contributed by atoms with Gasteiger partial charge in [0.1, 0.15) is 11.6 Å². The lowest BCUT2D eigenvalue weighted by Gasteiger charge is -2.33. The van der Waals surface area contributed by atoms with Crippen molar-refractivity contribution in [3.8, 4) is 5.75 Å². The van der Waals surface area contributed by atoms with Crippen LogP contribution < -0.4 is 4.74 Å². The molecule has 2 atom stereocenters. The monoisotopic (exact) mass is 529 g/mol. The van der Waals surface area contributed by atoms with Gasteiger partial charge < -0.3 is 19.6 Å². The SMILES string of the molecule is O=C(O)N1CCC(C(=O)N2C[C@H](c3ccc(Cl)cc3)[C@@H](N(C(=O)Oc3ccc(F)cc3)C3CC3)C2)CC1. The molecule has 1 N–H and O–H groups in total. The maximum absolute atomic E-state index is 13.5. The molecule has 3 fully saturated rings. The number of carbonyl (C=O) groups excluding carboxylic acids is 2. The van der Waals surface area contributed by atoms with Crippen molar-refractivity contribution in [1.29, 1.82) is 0 Å². The van der Waals surface area contributed by atoms with E-state index in [-0.39, 0.29) is 35.6 Å². The summed E-state index contributed by atoms with van der Waals surface area (Å²) in [6.07, 6.45) is 1.19. The number of hydrogen-bond donors (Lipinski definition) is 1. The Labute approximate surface area is 219 Å². The highest BCUT2D eigenvalue weighted by Crippen LogP contribution is 2.39. The first kappa shape index (κ1) is 25.3. The van der Waals surface area contributed by atoms with Crippen molar-refractivity contribution in [2.24, 2.45) is 5.92 Å². The molecule has 0 aromatic heterocycles. The molecule has 0 bridgehead atoms. The largest absolute Gasteiger partial charge is 0.465 e. The zero-order valence-corrected chi connectivity index (χ0v) is 21.0. The van der Waals surface area contributed by atoms with E-state index in [0.717, 1.165) is 18.4 Å². The average molecular weight is 530 g/mol. The van der Waals surface area contributed by atoms with Crippen LogP contribution in [0.3, 0.4) is 0 Å². The Morgan fingerprint density at radius 2 is 1.57 bits per heavy atom. The normalized spacial score (nSPS) is 22.1. The van der Waals surface area contributed by atoms with Crippen molar-refractivity contribution >= 4 is 29.7 Å². The standard InChI is InChI=1S/C27H29ClFN3O5/c28-19-3-1-17(2-4-19)23-15-31(25(33)18-11-13-30(14-12-18)26(34)35)16-24(23)32(21-7-8-21)27(36)37-22-9-5-20(29)6-10-22/h1-6,9-10,18,21,23-24H,7-8,11-16H2,(H,34,35)/t23-,24+/m1/s1. The Morgan fingerprint density at radius 3 is 2.16 bits per heavy atom. The van der Waals surface area contributed by atoms with Crippen LogP contribution in [0.2, 0.25) is 5.02 Å². The van der Waals surface area contributed by atoms with E-state index < -0.39 is 18.0 Å². The molecule has 3 amide bonds. The maximum atomic E-state index is 13.5. The lowest BCUT2D eigenvalue weighted by atomic mass is 9.93. The number of piperidine rings is 1. The van der Waals surface area contributed by atoms with E-state index in [0.29, 0.717) is 44.0 Å². The lowest BCUT2D eigenvalue weighted by molar-refractivity contribution is -0.136. The number of likely N-dealkylation sites (tertiary alicyclic amines) is 2. The van der Waals surface area contributed by atoms with Gasteiger partial charge in [0, 0.05) is 49.1 Å². The molecule has 0 spiro atoms. The van der Waals surface area contributed by atoms with E-state index in [9.17, 15) is 23.9 Å². The summed E-state index contributed by atoms with van der Waals surface area (Å²) in [4.78, 5) is 43.1. The Balaban J connectivity index is 1.37. The minimum Gasteiger partial charge on any atom is -0.465 e. The fourth-order valence-corrected chi connectivity index (χ4v) is 5.55. The van der Waals surface area contributed by atoms with Crippen molar-refractivity contribution in [2.45, 2.75) is 43.7 Å². The smallest absolute Gasteiger partial charge is 0.415 e. The Kier molecular flexibility index (Phi) is 7.24. The van der Waals surface area contributed by atoms with Gasteiger partial charge in [-0.25, -0.2) is 14.0 Å². The Bertz CT molecular complexity index is 1150. The summed E-state index contributed by atoms with van der Waals surface area (Å²) < 4.78 is 19.0. The van der Waals surface area contributed by atoms with Crippen LogP contribution in [-0.2, 0) is 4.79 Å². The summed E-state index contributed by atoms with van der Waals surface area (Å²) in [5, 5.41) is 9.84. The Morgan fingerprint density at radius 1 is 0.919 bits per heavy atom. The van der Waals surface area contributed by atoms with Crippen LogP contribution in [0.5, 0.6) is 5.75 Å². The number of benzene rings is 2. The maximum Gasteiger partial charge on any atom is 0.415 e. The molecule has 37 heavy (non-hydrogen) atoms. The van der Waals surface area contributed by atoms with Crippen LogP contribution in [0, 0.1) is 11.7 Å². The second-order valence-electron chi connectivity index (χ2n) is 9.97. The van der Waals surface area contributed by atoms with Crippen molar-refractivity contribution < 1.29 is 28.6 Å². The molecule has 196 valence electrons. The first-order chi connectivity index (χ1) is 17.8. The van der Waals surface area contributed by atoms with Gasteiger partial charge >= 0.3 is 12.2 Å². The van der Waals surface area contributed by atoms with Gasteiger partial charge in [0.05, 0.1) is 6.04 Å². The highest BCUT2D eigenvalue weighted by molar-refractivity contribution is 6.30. The lowest BCUT2D eigenvalue weighted by Crippen LogP contribution is -2.48. The van der Waals surface area contributed by atoms with Gasteiger partial charge in [0.15, 0.2) is 0 Å². The van der Waals surface area contributed by atoms with Gasteiger partial charge in [0.2, 0.25) is 5.91 Å². The number of amides is 3. The number of hydrogen-bond acceptors (Lipinski definition) is 4. The third-order valence-electron chi connectivity index (χ3n) is 7.54. The number of ether oxygens (including phenoxy) is 1. The highest BCUT2D eigenvalue weighted by atomic mass is 35.5. The summed E-state index contributed by atoms with van der Waals surface area (Å²) in [5.41, 5.74) is 0.977. The molecule has 3 aliphatic rings. The van der Waals surface area contributed by atoms with Gasteiger partial charge in [-0.05, 0) is 67.6 Å². The topological polar surface area (TPSA) is 90.4 Å². The van der Waals surface area contributed by atoms with Crippen molar-refractivity contribution in [3.05, 3.63) is 64.9 Å². The molecule has 1 aliphatic carbocycles. The molecular weight excluding hydrogens is 501 g/mol. The van der Waals surface area contributed by atoms with Gasteiger partial charge in [-0.15, -0.1) is 0 Å². The number of halogens is 2. The van der Waals surface area contributed by atoms with Crippen LogP contribution in [0.4, 0.5) is 14.0 Å².